The Kier molecular flexibility index (Phi) is 3.54. The molecule has 1 rings (SSSR count). The van der Waals surface area contributed by atoms with Crippen LogP contribution in [0.4, 0.5) is 5.69 Å². The highest BCUT2D eigenvalue weighted by Crippen LogP contribution is 2.16. The van der Waals surface area contributed by atoms with E-state index in [-0.39, 0.29) is 5.75 Å². The van der Waals surface area contributed by atoms with Gasteiger partial charge in [-0.15, -0.1) is 0 Å². The second-order valence-electron chi connectivity index (χ2n) is 3.28. The number of nitrogens with two attached hydrogens (primary N) is 1. The number of carbonyl (C=O) groups is 1. The van der Waals surface area contributed by atoms with E-state index in [1.807, 2.05) is 0 Å². The molecule has 0 heterocycles. The van der Waals surface area contributed by atoms with E-state index < -0.39 is 15.9 Å². The average Bonchev–Trinajstić information content (AvgIpc) is 2.28. The molecule has 0 aromatic heterocycles. The Morgan fingerprint density at radius 1 is 1.31 bits per heavy atom. The molecule has 0 bridgehead atoms. The number of primary amides is 1. The highest BCUT2D eigenvalue weighted by atomic mass is 32.2. The van der Waals surface area contributed by atoms with Crippen molar-refractivity contribution in [3.8, 4) is 0 Å². The summed E-state index contributed by atoms with van der Waals surface area (Å²) in [6.45, 7) is 1.57. The second-order valence-corrected chi connectivity index (χ2v) is 5.57. The van der Waals surface area contributed by atoms with Gasteiger partial charge in [0.1, 0.15) is 0 Å². The predicted molar refractivity (Wildman–Crippen MR) is 62.8 cm³/mol. The number of sulfonamides is 1. The summed E-state index contributed by atoms with van der Waals surface area (Å²) in [5.41, 5.74) is 5.94. The van der Waals surface area contributed by atoms with Gasteiger partial charge in [-0.3, -0.25) is 9.10 Å². The van der Waals surface area contributed by atoms with Gasteiger partial charge in [-0.05, 0) is 31.2 Å². The molecule has 0 aliphatic heterocycles. The van der Waals surface area contributed by atoms with Gasteiger partial charge in [-0.25, -0.2) is 8.42 Å². The third-order valence-electron chi connectivity index (χ3n) is 2.30. The molecule has 0 spiro atoms. The molecular formula is C10H14N2O3S. The molecule has 88 valence electrons. The van der Waals surface area contributed by atoms with Crippen molar-refractivity contribution in [2.24, 2.45) is 5.73 Å². The van der Waals surface area contributed by atoms with Gasteiger partial charge < -0.3 is 5.73 Å². The quantitative estimate of drug-likeness (QED) is 0.838. The summed E-state index contributed by atoms with van der Waals surface area (Å²) in [4.78, 5) is 10.8. The molecule has 0 saturated heterocycles. The van der Waals surface area contributed by atoms with E-state index in [9.17, 15) is 13.2 Å². The first kappa shape index (κ1) is 12.5. The standard InChI is InChI=1S/C10H14N2O3S/c1-3-16(14,15)12(2)9-6-4-8(5-7-9)10(11)13/h4-7H,3H2,1-2H3,(H2,11,13). The van der Waals surface area contributed by atoms with Crippen molar-refractivity contribution in [2.75, 3.05) is 17.1 Å². The lowest BCUT2D eigenvalue weighted by Gasteiger charge is -2.18. The Bertz CT molecular complexity index is 479. The molecule has 1 aromatic carbocycles. The summed E-state index contributed by atoms with van der Waals surface area (Å²) in [5.74, 6) is -0.506. The van der Waals surface area contributed by atoms with Crippen LogP contribution in [0.5, 0.6) is 0 Å². The largest absolute Gasteiger partial charge is 0.366 e. The van der Waals surface area contributed by atoms with Crippen LogP contribution >= 0.6 is 0 Å². The van der Waals surface area contributed by atoms with E-state index in [1.165, 1.54) is 23.5 Å². The lowest BCUT2D eigenvalue weighted by atomic mass is 10.2. The van der Waals surface area contributed by atoms with Gasteiger partial charge >= 0.3 is 0 Å². The number of carbonyl (C=O) groups excluding carboxylic acids is 1. The van der Waals surface area contributed by atoms with Crippen molar-refractivity contribution < 1.29 is 13.2 Å². The first-order chi connectivity index (χ1) is 7.38. The molecule has 1 aromatic rings. The molecule has 0 fully saturated rings. The zero-order valence-corrected chi connectivity index (χ0v) is 9.99. The van der Waals surface area contributed by atoms with Crippen molar-refractivity contribution in [3.05, 3.63) is 29.8 Å². The maximum Gasteiger partial charge on any atom is 0.248 e. The van der Waals surface area contributed by atoms with Crippen LogP contribution in [-0.2, 0) is 10.0 Å². The molecule has 0 aliphatic rings. The maximum atomic E-state index is 11.6. The molecule has 1 amide bonds. The molecule has 6 heteroatoms. The lowest BCUT2D eigenvalue weighted by molar-refractivity contribution is 0.100. The van der Waals surface area contributed by atoms with Crippen molar-refractivity contribution in [1.82, 2.24) is 0 Å². The summed E-state index contributed by atoms with van der Waals surface area (Å²) in [5, 5.41) is 0. The topological polar surface area (TPSA) is 80.5 Å². The van der Waals surface area contributed by atoms with E-state index in [4.69, 9.17) is 5.73 Å². The normalized spacial score (nSPS) is 11.1. The SMILES string of the molecule is CCS(=O)(=O)N(C)c1ccc(C(N)=O)cc1. The molecule has 5 nitrogen and oxygen atoms in total. The fraction of sp³-hybridized carbons (Fsp3) is 0.300. The Morgan fingerprint density at radius 3 is 2.19 bits per heavy atom. The summed E-state index contributed by atoms with van der Waals surface area (Å²) < 4.78 is 24.3. The van der Waals surface area contributed by atoms with Crippen LogP contribution in [0.25, 0.3) is 0 Å². The Morgan fingerprint density at radius 2 is 1.81 bits per heavy atom. The van der Waals surface area contributed by atoms with Crippen LogP contribution in [0.3, 0.4) is 0 Å². The fourth-order valence-corrected chi connectivity index (χ4v) is 2.02. The summed E-state index contributed by atoms with van der Waals surface area (Å²) in [6, 6.07) is 6.10. The van der Waals surface area contributed by atoms with Gasteiger partial charge in [-0.2, -0.15) is 0 Å². The predicted octanol–water partition coefficient (Wildman–Crippen LogP) is 0.571. The van der Waals surface area contributed by atoms with Gasteiger partial charge in [0, 0.05) is 12.6 Å². The minimum atomic E-state index is -3.27. The molecule has 0 atom stereocenters. The zero-order chi connectivity index (χ0) is 12.3. The number of amides is 1. The third kappa shape index (κ3) is 2.52. The van der Waals surface area contributed by atoms with E-state index in [0.717, 1.165) is 0 Å². The van der Waals surface area contributed by atoms with Gasteiger partial charge in [0.15, 0.2) is 0 Å². The molecule has 0 unspecified atom stereocenters. The summed E-state index contributed by atoms with van der Waals surface area (Å²) in [7, 11) is -1.80. The molecule has 0 saturated carbocycles. The van der Waals surface area contributed by atoms with Gasteiger partial charge in [-0.1, -0.05) is 0 Å². The number of anilines is 1. The number of hydrogen-bond acceptors (Lipinski definition) is 3. The smallest absolute Gasteiger partial charge is 0.248 e. The van der Waals surface area contributed by atoms with Crippen molar-refractivity contribution >= 4 is 21.6 Å². The van der Waals surface area contributed by atoms with Crippen molar-refractivity contribution in [2.45, 2.75) is 6.92 Å². The lowest BCUT2D eigenvalue weighted by Crippen LogP contribution is -2.28. The van der Waals surface area contributed by atoms with E-state index in [0.29, 0.717) is 11.3 Å². The number of hydrogen-bond donors (Lipinski definition) is 1. The third-order valence-corrected chi connectivity index (χ3v) is 4.07. The molecule has 0 radical (unpaired) electrons. The minimum Gasteiger partial charge on any atom is -0.366 e. The maximum absolute atomic E-state index is 11.6. The number of rotatable bonds is 4. The highest BCUT2D eigenvalue weighted by molar-refractivity contribution is 7.92. The van der Waals surface area contributed by atoms with E-state index >= 15 is 0 Å². The van der Waals surface area contributed by atoms with E-state index in [1.54, 1.807) is 19.1 Å². The van der Waals surface area contributed by atoms with Gasteiger partial charge in [0.25, 0.3) is 0 Å². The van der Waals surface area contributed by atoms with Gasteiger partial charge in [0.2, 0.25) is 15.9 Å². The Hall–Kier alpha value is -1.56. The highest BCUT2D eigenvalue weighted by Gasteiger charge is 2.15. The average molecular weight is 242 g/mol. The van der Waals surface area contributed by atoms with E-state index in [2.05, 4.69) is 0 Å². The zero-order valence-electron chi connectivity index (χ0n) is 9.17. The van der Waals surface area contributed by atoms with Crippen molar-refractivity contribution in [1.29, 1.82) is 0 Å². The minimum absolute atomic E-state index is 0.0288. The first-order valence-electron chi connectivity index (χ1n) is 4.75. The Labute approximate surface area is 94.9 Å². The monoisotopic (exact) mass is 242 g/mol. The van der Waals surface area contributed by atoms with Crippen LogP contribution in [0, 0.1) is 0 Å². The summed E-state index contributed by atoms with van der Waals surface area (Å²) in [6.07, 6.45) is 0. The molecule has 16 heavy (non-hydrogen) atoms. The first-order valence-corrected chi connectivity index (χ1v) is 6.36. The van der Waals surface area contributed by atoms with Crippen LogP contribution < -0.4 is 10.0 Å². The van der Waals surface area contributed by atoms with Gasteiger partial charge in [0.05, 0.1) is 11.4 Å². The van der Waals surface area contributed by atoms with Crippen LogP contribution in [0.2, 0.25) is 0 Å². The number of benzene rings is 1. The fourth-order valence-electron chi connectivity index (χ4n) is 1.19. The molecule has 2 N–H and O–H groups in total. The van der Waals surface area contributed by atoms with Crippen molar-refractivity contribution in [3.63, 3.8) is 0 Å². The van der Waals surface area contributed by atoms with Crippen LogP contribution in [0.15, 0.2) is 24.3 Å². The van der Waals surface area contributed by atoms with Crippen LogP contribution in [0.1, 0.15) is 17.3 Å². The van der Waals surface area contributed by atoms with Crippen LogP contribution in [-0.4, -0.2) is 27.1 Å². The summed E-state index contributed by atoms with van der Waals surface area (Å²) >= 11 is 0. The second kappa shape index (κ2) is 4.52. The molecular weight excluding hydrogens is 228 g/mol. The Balaban J connectivity index is 3.03. The molecule has 0 aliphatic carbocycles. The number of nitrogens with zero attached hydrogens (tertiary/aromatic N) is 1.